The Morgan fingerprint density at radius 2 is 1.83 bits per heavy atom. The maximum atomic E-state index is 13.8. The van der Waals surface area contributed by atoms with Gasteiger partial charge in [0.1, 0.15) is 5.70 Å². The molecule has 4 rings (SSSR count). The van der Waals surface area contributed by atoms with Gasteiger partial charge in [0.2, 0.25) is 0 Å². The van der Waals surface area contributed by atoms with Crippen molar-refractivity contribution in [1.82, 2.24) is 0 Å². The summed E-state index contributed by atoms with van der Waals surface area (Å²) in [6.45, 7) is 3.27. The molecule has 2 fully saturated rings. The minimum atomic E-state index is -4.57. The minimum Gasteiger partial charge on any atom is -0.348 e. The molecular formula is C21H27F3N4O2. The van der Waals surface area contributed by atoms with Crippen LogP contribution in [0.4, 0.5) is 18.9 Å². The van der Waals surface area contributed by atoms with Crippen molar-refractivity contribution in [2.75, 3.05) is 24.7 Å². The molecule has 9 heteroatoms. The first-order chi connectivity index (χ1) is 14.2. The number of hydrogen-bond acceptors (Lipinski definition) is 6. The zero-order chi connectivity index (χ0) is 21.6. The van der Waals surface area contributed by atoms with Crippen LogP contribution < -0.4 is 16.4 Å². The van der Waals surface area contributed by atoms with Gasteiger partial charge in [-0.1, -0.05) is 12.1 Å². The lowest BCUT2D eigenvalue weighted by atomic mass is 9.67. The molecule has 0 bridgehead atoms. The molecule has 3 aliphatic rings. The van der Waals surface area contributed by atoms with E-state index in [2.05, 4.69) is 4.99 Å². The standard InChI is InChI=1S/C21H27F3N4O2/c1-14-2-3-15(19(13-25)5-7-20(8-6-19)29-10-11-30-20)16(12-14)28-17(21(22,23)24)4-9-27-18(28)26/h2-4,9,12,18H,5-8,10-11,13,25-26H2,1H3. The Morgan fingerprint density at radius 1 is 1.17 bits per heavy atom. The van der Waals surface area contributed by atoms with Crippen LogP contribution >= 0.6 is 0 Å². The van der Waals surface area contributed by atoms with Crippen molar-refractivity contribution in [1.29, 1.82) is 0 Å². The molecule has 164 valence electrons. The topological polar surface area (TPSA) is 86.1 Å². The van der Waals surface area contributed by atoms with Gasteiger partial charge in [-0.15, -0.1) is 0 Å². The van der Waals surface area contributed by atoms with E-state index in [1.807, 2.05) is 19.1 Å². The summed E-state index contributed by atoms with van der Waals surface area (Å²) in [5, 5.41) is 0. The van der Waals surface area contributed by atoms with Crippen molar-refractivity contribution in [3.8, 4) is 0 Å². The largest absolute Gasteiger partial charge is 0.431 e. The van der Waals surface area contributed by atoms with Crippen LogP contribution in [0.1, 0.15) is 36.8 Å². The summed E-state index contributed by atoms with van der Waals surface area (Å²) in [5.41, 5.74) is 12.9. The number of aliphatic imine (C=N–C) groups is 1. The number of halogens is 3. The maximum absolute atomic E-state index is 13.8. The van der Waals surface area contributed by atoms with Gasteiger partial charge < -0.3 is 20.1 Å². The third-order valence-corrected chi connectivity index (χ3v) is 6.44. The van der Waals surface area contributed by atoms with Crippen molar-refractivity contribution < 1.29 is 22.6 Å². The summed E-state index contributed by atoms with van der Waals surface area (Å²) < 4.78 is 53.1. The zero-order valence-corrected chi connectivity index (χ0v) is 16.9. The molecule has 4 N–H and O–H groups in total. The molecule has 0 radical (unpaired) electrons. The summed E-state index contributed by atoms with van der Waals surface area (Å²) in [5.74, 6) is -0.591. The number of allylic oxidation sites excluding steroid dienone is 2. The van der Waals surface area contributed by atoms with Gasteiger partial charge in [-0.2, -0.15) is 13.2 Å². The summed E-state index contributed by atoms with van der Waals surface area (Å²) in [6, 6.07) is 5.52. The Balaban J connectivity index is 1.77. The highest BCUT2D eigenvalue weighted by Crippen LogP contribution is 2.49. The Hall–Kier alpha value is -1.94. The van der Waals surface area contributed by atoms with E-state index in [1.165, 1.54) is 0 Å². The summed E-state index contributed by atoms with van der Waals surface area (Å²) in [7, 11) is 0. The van der Waals surface area contributed by atoms with Gasteiger partial charge in [0.15, 0.2) is 12.1 Å². The second kappa shape index (κ2) is 7.64. The van der Waals surface area contributed by atoms with Crippen molar-refractivity contribution in [3.05, 3.63) is 41.1 Å². The molecule has 1 saturated carbocycles. The van der Waals surface area contributed by atoms with Crippen molar-refractivity contribution in [2.45, 2.75) is 56.3 Å². The summed E-state index contributed by atoms with van der Waals surface area (Å²) in [4.78, 5) is 5.08. The molecule has 30 heavy (non-hydrogen) atoms. The number of ether oxygens (including phenoxy) is 2. The fraction of sp³-hybridized carbons (Fsp3) is 0.571. The van der Waals surface area contributed by atoms with E-state index >= 15 is 0 Å². The predicted octanol–water partition coefficient (Wildman–Crippen LogP) is 3.09. The van der Waals surface area contributed by atoms with Crippen LogP contribution in [0, 0.1) is 6.92 Å². The molecule has 1 spiro atoms. The Bertz CT molecular complexity index is 852. The predicted molar refractivity (Wildman–Crippen MR) is 108 cm³/mol. The molecule has 1 atom stereocenters. The smallest absolute Gasteiger partial charge is 0.348 e. The second-order valence-corrected chi connectivity index (χ2v) is 8.24. The molecular weight excluding hydrogens is 397 g/mol. The van der Waals surface area contributed by atoms with Crippen molar-refractivity contribution in [2.24, 2.45) is 16.5 Å². The molecule has 0 aromatic heterocycles. The first kappa shape index (κ1) is 21.3. The van der Waals surface area contributed by atoms with Crippen LogP contribution in [0.15, 0.2) is 35.0 Å². The SMILES string of the molecule is Cc1ccc(C2(CN)CCC3(CC2)OCCO3)c(N2C(C(F)(F)F)=CC=NC2N)c1. The highest BCUT2D eigenvalue weighted by molar-refractivity contribution is 5.78. The van der Waals surface area contributed by atoms with E-state index < -0.39 is 29.4 Å². The lowest BCUT2D eigenvalue weighted by Gasteiger charge is -2.46. The second-order valence-electron chi connectivity index (χ2n) is 8.24. The van der Waals surface area contributed by atoms with Gasteiger partial charge in [0.25, 0.3) is 0 Å². The molecule has 6 nitrogen and oxygen atoms in total. The van der Waals surface area contributed by atoms with Crippen LogP contribution in [0.25, 0.3) is 0 Å². The maximum Gasteiger partial charge on any atom is 0.431 e. The van der Waals surface area contributed by atoms with Crippen LogP contribution in [-0.4, -0.2) is 44.2 Å². The molecule has 1 aromatic carbocycles. The number of hydrogen-bond donors (Lipinski definition) is 2. The molecule has 2 heterocycles. The van der Waals surface area contributed by atoms with Gasteiger partial charge >= 0.3 is 6.18 Å². The number of nitrogens with two attached hydrogens (primary N) is 2. The Morgan fingerprint density at radius 3 is 2.43 bits per heavy atom. The quantitative estimate of drug-likeness (QED) is 0.779. The number of nitrogens with zero attached hydrogens (tertiary/aromatic N) is 2. The van der Waals surface area contributed by atoms with Gasteiger partial charge in [0, 0.05) is 36.7 Å². The van der Waals surface area contributed by atoms with E-state index in [4.69, 9.17) is 20.9 Å². The van der Waals surface area contributed by atoms with Crippen molar-refractivity contribution in [3.63, 3.8) is 0 Å². The molecule has 2 aliphatic heterocycles. The lowest BCUT2D eigenvalue weighted by molar-refractivity contribution is -0.184. The number of aryl methyl sites for hydroxylation is 1. The molecule has 1 aromatic rings. The highest BCUT2D eigenvalue weighted by Gasteiger charge is 2.49. The van der Waals surface area contributed by atoms with Gasteiger partial charge in [-0.3, -0.25) is 10.7 Å². The molecule has 1 aliphatic carbocycles. The van der Waals surface area contributed by atoms with Crippen molar-refractivity contribution >= 4 is 11.9 Å². The van der Waals surface area contributed by atoms with Crippen LogP contribution in [0.3, 0.4) is 0 Å². The third-order valence-electron chi connectivity index (χ3n) is 6.44. The fourth-order valence-corrected chi connectivity index (χ4v) is 4.76. The minimum absolute atomic E-state index is 0.302. The first-order valence-electron chi connectivity index (χ1n) is 10.1. The van der Waals surface area contributed by atoms with Crippen LogP contribution in [-0.2, 0) is 14.9 Å². The van der Waals surface area contributed by atoms with E-state index in [0.717, 1.165) is 28.3 Å². The first-order valence-corrected chi connectivity index (χ1v) is 10.1. The average molecular weight is 424 g/mol. The van der Waals surface area contributed by atoms with Gasteiger partial charge in [-0.05, 0) is 43.0 Å². The Labute approximate surface area is 173 Å². The highest BCUT2D eigenvalue weighted by atomic mass is 19.4. The third kappa shape index (κ3) is 3.64. The molecule has 0 amide bonds. The summed E-state index contributed by atoms with van der Waals surface area (Å²) >= 11 is 0. The monoisotopic (exact) mass is 424 g/mol. The van der Waals surface area contributed by atoms with Gasteiger partial charge in [-0.25, -0.2) is 0 Å². The van der Waals surface area contributed by atoms with E-state index in [0.29, 0.717) is 51.1 Å². The molecule has 1 unspecified atom stereocenters. The lowest BCUT2D eigenvalue weighted by Crippen LogP contribution is -2.49. The fourth-order valence-electron chi connectivity index (χ4n) is 4.76. The van der Waals surface area contributed by atoms with E-state index in [9.17, 15) is 13.2 Å². The van der Waals surface area contributed by atoms with Crippen LogP contribution in [0.2, 0.25) is 0 Å². The average Bonchev–Trinajstić information content (AvgIpc) is 3.16. The zero-order valence-electron chi connectivity index (χ0n) is 16.9. The normalized spacial score (nSPS) is 25.6. The number of alkyl halides is 3. The number of rotatable bonds is 3. The molecule has 1 saturated heterocycles. The van der Waals surface area contributed by atoms with E-state index in [-0.39, 0.29) is 0 Å². The number of benzene rings is 1. The Kier molecular flexibility index (Phi) is 5.42. The van der Waals surface area contributed by atoms with Crippen LogP contribution in [0.5, 0.6) is 0 Å². The summed E-state index contributed by atoms with van der Waals surface area (Å²) in [6.07, 6.45) is -1.08. The van der Waals surface area contributed by atoms with E-state index in [1.54, 1.807) is 6.07 Å². The number of anilines is 1. The van der Waals surface area contributed by atoms with Gasteiger partial charge in [0.05, 0.1) is 13.2 Å².